The first-order chi connectivity index (χ1) is 16.6. The van der Waals surface area contributed by atoms with Crippen molar-refractivity contribution in [2.24, 2.45) is 5.92 Å². The number of anilines is 1. The molecule has 0 unspecified atom stereocenters. The lowest BCUT2D eigenvalue weighted by Crippen LogP contribution is -2.52. The van der Waals surface area contributed by atoms with Crippen molar-refractivity contribution in [1.82, 2.24) is 14.8 Å². The summed E-state index contributed by atoms with van der Waals surface area (Å²) in [5.41, 5.74) is 2.66. The van der Waals surface area contributed by atoms with Gasteiger partial charge in [0.2, 0.25) is 11.8 Å². The molecule has 0 spiro atoms. The van der Waals surface area contributed by atoms with Crippen LogP contribution in [0.1, 0.15) is 18.4 Å². The van der Waals surface area contributed by atoms with E-state index in [-0.39, 0.29) is 30.1 Å². The number of carbonyl (C=O) groups excluding carboxylic acids is 2. The minimum Gasteiger partial charge on any atom is -0.340 e. The Kier molecular flexibility index (Phi) is 6.69. The highest BCUT2D eigenvalue weighted by Gasteiger charge is 2.35. The highest BCUT2D eigenvalue weighted by molar-refractivity contribution is 7.14. The van der Waals surface area contributed by atoms with Crippen LogP contribution in [0.4, 0.5) is 9.52 Å². The van der Waals surface area contributed by atoms with Gasteiger partial charge in [0.05, 0.1) is 18.8 Å². The van der Waals surface area contributed by atoms with Gasteiger partial charge in [0.25, 0.3) is 0 Å². The second-order valence-corrected chi connectivity index (χ2v) is 9.70. The normalized spacial score (nSPS) is 16.4. The Morgan fingerprint density at radius 3 is 2.38 bits per heavy atom. The van der Waals surface area contributed by atoms with Crippen LogP contribution in [0, 0.1) is 11.7 Å². The molecule has 1 saturated carbocycles. The quantitative estimate of drug-likeness (QED) is 0.514. The monoisotopic (exact) mass is 478 g/mol. The molecule has 3 aromatic rings. The second-order valence-electron chi connectivity index (χ2n) is 8.86. The number of nitrogens with zero attached hydrogens (tertiary/aromatic N) is 4. The molecular formula is C26H27FN4O2S. The number of hydrogen-bond donors (Lipinski definition) is 0. The van der Waals surface area contributed by atoms with E-state index in [9.17, 15) is 14.0 Å². The number of benzene rings is 2. The summed E-state index contributed by atoms with van der Waals surface area (Å²) in [6, 6.07) is 16.1. The smallest absolute Gasteiger partial charge is 0.243 e. The molecule has 1 aliphatic heterocycles. The van der Waals surface area contributed by atoms with E-state index in [1.807, 2.05) is 40.6 Å². The first kappa shape index (κ1) is 22.7. The number of amides is 2. The Morgan fingerprint density at radius 1 is 1.00 bits per heavy atom. The highest BCUT2D eigenvalue weighted by Crippen LogP contribution is 2.31. The van der Waals surface area contributed by atoms with E-state index in [1.165, 1.54) is 23.5 Å². The Balaban J connectivity index is 1.30. The third kappa shape index (κ3) is 5.34. The lowest BCUT2D eigenvalue weighted by molar-refractivity contribution is -0.134. The van der Waals surface area contributed by atoms with Crippen molar-refractivity contribution in [3.05, 3.63) is 71.4 Å². The van der Waals surface area contributed by atoms with Gasteiger partial charge in [0, 0.05) is 43.0 Å². The van der Waals surface area contributed by atoms with Crippen LogP contribution in [0.2, 0.25) is 0 Å². The highest BCUT2D eigenvalue weighted by atomic mass is 32.1. The first-order valence-corrected chi connectivity index (χ1v) is 12.5. The molecule has 2 amide bonds. The summed E-state index contributed by atoms with van der Waals surface area (Å²) in [5, 5.41) is 2.58. The van der Waals surface area contributed by atoms with Crippen LogP contribution in [0.25, 0.3) is 11.3 Å². The van der Waals surface area contributed by atoms with Crippen LogP contribution in [-0.2, 0) is 16.1 Å². The second kappa shape index (κ2) is 10.0. The third-order valence-electron chi connectivity index (χ3n) is 6.32. The van der Waals surface area contributed by atoms with Crippen molar-refractivity contribution in [3.63, 3.8) is 0 Å². The zero-order valence-corrected chi connectivity index (χ0v) is 19.7. The standard InChI is InChI=1S/C26H27FN4O2S/c27-22-10-6-19(7-11-22)16-31(26-28-23(18-34-26)20-4-2-1-3-5-20)24(32)17-29-12-14-30(15-13-29)25(33)21-8-9-21/h1-7,10-11,18,21H,8-9,12-17H2. The SMILES string of the molecule is O=C(C1CC1)N1CCN(CC(=O)N(Cc2ccc(F)cc2)c2nc(-c3ccccc3)cs2)CC1. The summed E-state index contributed by atoms with van der Waals surface area (Å²) in [5.74, 6) is 0.129. The molecule has 2 aliphatic rings. The van der Waals surface area contributed by atoms with Gasteiger partial charge in [-0.15, -0.1) is 11.3 Å². The number of halogens is 1. The van der Waals surface area contributed by atoms with E-state index < -0.39 is 0 Å². The van der Waals surface area contributed by atoms with Crippen molar-refractivity contribution < 1.29 is 14.0 Å². The molecule has 0 atom stereocenters. The Labute approximate surface area is 202 Å². The van der Waals surface area contributed by atoms with Gasteiger partial charge in [-0.2, -0.15) is 0 Å². The lowest BCUT2D eigenvalue weighted by Gasteiger charge is -2.35. The van der Waals surface area contributed by atoms with Crippen LogP contribution in [0.5, 0.6) is 0 Å². The van der Waals surface area contributed by atoms with Crippen LogP contribution in [-0.4, -0.2) is 59.3 Å². The molecule has 0 N–H and O–H groups in total. The predicted molar refractivity (Wildman–Crippen MR) is 131 cm³/mol. The maximum Gasteiger partial charge on any atom is 0.243 e. The maximum absolute atomic E-state index is 13.5. The Morgan fingerprint density at radius 2 is 1.71 bits per heavy atom. The van der Waals surface area contributed by atoms with Crippen molar-refractivity contribution in [2.45, 2.75) is 19.4 Å². The van der Waals surface area contributed by atoms with Gasteiger partial charge in [0.15, 0.2) is 5.13 Å². The van der Waals surface area contributed by atoms with E-state index in [2.05, 4.69) is 4.90 Å². The zero-order valence-electron chi connectivity index (χ0n) is 18.9. The summed E-state index contributed by atoms with van der Waals surface area (Å²) in [7, 11) is 0. The molecule has 0 bridgehead atoms. The van der Waals surface area contributed by atoms with Gasteiger partial charge in [-0.05, 0) is 30.5 Å². The summed E-state index contributed by atoms with van der Waals surface area (Å²) >= 11 is 1.43. The molecular weight excluding hydrogens is 451 g/mol. The van der Waals surface area contributed by atoms with Crippen LogP contribution >= 0.6 is 11.3 Å². The molecule has 6 nitrogen and oxygen atoms in total. The molecule has 34 heavy (non-hydrogen) atoms. The molecule has 8 heteroatoms. The van der Waals surface area contributed by atoms with E-state index in [0.717, 1.165) is 29.7 Å². The third-order valence-corrected chi connectivity index (χ3v) is 7.18. The van der Waals surface area contributed by atoms with Gasteiger partial charge in [-0.1, -0.05) is 42.5 Å². The Hall–Kier alpha value is -3.10. The minimum absolute atomic E-state index is 0.0553. The fourth-order valence-corrected chi connectivity index (χ4v) is 5.01. The largest absolute Gasteiger partial charge is 0.340 e. The Bertz CT molecular complexity index is 1140. The summed E-state index contributed by atoms with van der Waals surface area (Å²) < 4.78 is 13.4. The summed E-state index contributed by atoms with van der Waals surface area (Å²) in [6.07, 6.45) is 2.02. The van der Waals surface area contributed by atoms with E-state index in [1.54, 1.807) is 17.0 Å². The molecule has 176 valence electrons. The number of rotatable bonds is 7. The first-order valence-electron chi connectivity index (χ1n) is 11.6. The number of hydrogen-bond acceptors (Lipinski definition) is 5. The number of aromatic nitrogens is 1. The fraction of sp³-hybridized carbons (Fsp3) is 0.346. The number of thiazole rings is 1. The average molecular weight is 479 g/mol. The topological polar surface area (TPSA) is 56.8 Å². The van der Waals surface area contributed by atoms with Crippen molar-refractivity contribution >= 4 is 28.3 Å². The van der Waals surface area contributed by atoms with Crippen molar-refractivity contribution in [3.8, 4) is 11.3 Å². The van der Waals surface area contributed by atoms with E-state index in [4.69, 9.17) is 4.98 Å². The molecule has 1 aromatic heterocycles. The van der Waals surface area contributed by atoms with Crippen LogP contribution < -0.4 is 4.90 Å². The van der Waals surface area contributed by atoms with E-state index in [0.29, 0.717) is 37.9 Å². The van der Waals surface area contributed by atoms with Gasteiger partial charge >= 0.3 is 0 Å². The summed E-state index contributed by atoms with van der Waals surface area (Å²) in [6.45, 7) is 3.27. The fourth-order valence-electron chi connectivity index (χ4n) is 4.16. The predicted octanol–water partition coefficient (Wildman–Crippen LogP) is 4.04. The lowest BCUT2D eigenvalue weighted by atomic mass is 10.2. The van der Waals surface area contributed by atoms with Gasteiger partial charge < -0.3 is 4.90 Å². The minimum atomic E-state index is -0.305. The molecule has 1 aliphatic carbocycles. The van der Waals surface area contributed by atoms with Crippen molar-refractivity contribution in [1.29, 1.82) is 0 Å². The van der Waals surface area contributed by atoms with Crippen LogP contribution in [0.3, 0.4) is 0 Å². The molecule has 0 radical (unpaired) electrons. The van der Waals surface area contributed by atoms with Crippen molar-refractivity contribution in [2.75, 3.05) is 37.6 Å². The van der Waals surface area contributed by atoms with Crippen LogP contribution in [0.15, 0.2) is 60.0 Å². The molecule has 2 fully saturated rings. The zero-order chi connectivity index (χ0) is 23.5. The summed E-state index contributed by atoms with van der Waals surface area (Å²) in [4.78, 5) is 36.3. The number of carbonyl (C=O) groups is 2. The molecule has 5 rings (SSSR count). The van der Waals surface area contributed by atoms with Gasteiger partial charge in [0.1, 0.15) is 5.82 Å². The van der Waals surface area contributed by atoms with E-state index >= 15 is 0 Å². The van der Waals surface area contributed by atoms with Gasteiger partial charge in [-0.25, -0.2) is 9.37 Å². The molecule has 2 aromatic carbocycles. The molecule has 1 saturated heterocycles. The number of piperazine rings is 1. The van der Waals surface area contributed by atoms with Gasteiger partial charge in [-0.3, -0.25) is 19.4 Å². The molecule has 2 heterocycles. The average Bonchev–Trinajstić information content (AvgIpc) is 3.61. The maximum atomic E-state index is 13.5.